The van der Waals surface area contributed by atoms with Crippen molar-refractivity contribution in [1.82, 2.24) is 0 Å². The van der Waals surface area contributed by atoms with Gasteiger partial charge in [0.2, 0.25) is 0 Å². The summed E-state index contributed by atoms with van der Waals surface area (Å²) in [7, 11) is 1.76. The van der Waals surface area contributed by atoms with Gasteiger partial charge in [-0.05, 0) is 24.3 Å². The van der Waals surface area contributed by atoms with Gasteiger partial charge >= 0.3 is 0 Å². The monoisotopic (exact) mass is 235 g/mol. The van der Waals surface area contributed by atoms with Crippen LogP contribution >= 0.6 is 0 Å². The Labute approximate surface area is 100 Å². The zero-order valence-electron chi connectivity index (χ0n) is 10.1. The standard InChI is InChI=1S/C12H17N3O2/c1-12(3-4-12)8-14-10-5-9(13-2)6-11(7-10)15(16)17/h5-7,13-14H,3-4,8H2,1-2H3. The van der Waals surface area contributed by atoms with Crippen molar-refractivity contribution in [2.75, 3.05) is 24.2 Å². The molecule has 0 bridgehead atoms. The van der Waals surface area contributed by atoms with Crippen molar-refractivity contribution in [2.45, 2.75) is 19.8 Å². The Morgan fingerprint density at radius 3 is 2.53 bits per heavy atom. The highest BCUT2D eigenvalue weighted by Gasteiger charge is 2.36. The van der Waals surface area contributed by atoms with Gasteiger partial charge in [-0.2, -0.15) is 0 Å². The van der Waals surface area contributed by atoms with E-state index in [4.69, 9.17) is 0 Å². The number of hydrogen-bond acceptors (Lipinski definition) is 4. The first kappa shape index (κ1) is 11.7. The van der Waals surface area contributed by atoms with E-state index >= 15 is 0 Å². The van der Waals surface area contributed by atoms with E-state index in [1.807, 2.05) is 6.07 Å². The van der Waals surface area contributed by atoms with Crippen LogP contribution < -0.4 is 10.6 Å². The second-order valence-electron chi connectivity index (χ2n) is 4.94. The number of nitro benzene ring substituents is 1. The van der Waals surface area contributed by atoms with Crippen LogP contribution in [0.15, 0.2) is 18.2 Å². The molecule has 2 rings (SSSR count). The quantitative estimate of drug-likeness (QED) is 0.608. The van der Waals surface area contributed by atoms with Gasteiger partial charge < -0.3 is 10.6 Å². The zero-order chi connectivity index (χ0) is 12.5. The average Bonchev–Trinajstić information content (AvgIpc) is 3.05. The molecule has 5 nitrogen and oxygen atoms in total. The van der Waals surface area contributed by atoms with E-state index in [1.54, 1.807) is 13.1 Å². The molecule has 1 aliphatic carbocycles. The summed E-state index contributed by atoms with van der Waals surface area (Å²) in [5.74, 6) is 0. The molecule has 0 radical (unpaired) electrons. The van der Waals surface area contributed by atoms with E-state index in [2.05, 4.69) is 17.6 Å². The van der Waals surface area contributed by atoms with Crippen LogP contribution in [-0.4, -0.2) is 18.5 Å². The lowest BCUT2D eigenvalue weighted by Crippen LogP contribution is -2.11. The molecule has 0 atom stereocenters. The van der Waals surface area contributed by atoms with Crippen LogP contribution in [0.4, 0.5) is 17.1 Å². The van der Waals surface area contributed by atoms with Crippen molar-refractivity contribution in [3.05, 3.63) is 28.3 Å². The molecule has 0 saturated heterocycles. The van der Waals surface area contributed by atoms with Crippen LogP contribution in [-0.2, 0) is 0 Å². The van der Waals surface area contributed by atoms with E-state index in [-0.39, 0.29) is 10.6 Å². The first-order valence-electron chi connectivity index (χ1n) is 5.74. The van der Waals surface area contributed by atoms with Gasteiger partial charge in [0.25, 0.3) is 5.69 Å². The lowest BCUT2D eigenvalue weighted by molar-refractivity contribution is -0.384. The lowest BCUT2D eigenvalue weighted by Gasteiger charge is -2.12. The number of nitro groups is 1. The molecule has 1 aromatic rings. The van der Waals surface area contributed by atoms with Crippen LogP contribution in [0.5, 0.6) is 0 Å². The second-order valence-corrected chi connectivity index (χ2v) is 4.94. The Kier molecular flexibility index (Phi) is 2.92. The van der Waals surface area contributed by atoms with Gasteiger partial charge in [0, 0.05) is 37.1 Å². The van der Waals surface area contributed by atoms with Gasteiger partial charge in [-0.1, -0.05) is 6.92 Å². The third kappa shape index (κ3) is 2.87. The third-order valence-electron chi connectivity index (χ3n) is 3.24. The summed E-state index contributed by atoms with van der Waals surface area (Å²) in [6.45, 7) is 3.09. The highest BCUT2D eigenvalue weighted by molar-refractivity contribution is 5.63. The fourth-order valence-corrected chi connectivity index (χ4v) is 1.67. The van der Waals surface area contributed by atoms with Crippen LogP contribution in [0.3, 0.4) is 0 Å². The minimum Gasteiger partial charge on any atom is -0.388 e. The van der Waals surface area contributed by atoms with Crippen LogP contribution in [0.25, 0.3) is 0 Å². The van der Waals surface area contributed by atoms with Gasteiger partial charge in [0.1, 0.15) is 0 Å². The summed E-state index contributed by atoms with van der Waals surface area (Å²) >= 11 is 0. The van der Waals surface area contributed by atoms with E-state index in [0.29, 0.717) is 5.41 Å². The molecule has 0 heterocycles. The number of non-ortho nitro benzene ring substituents is 1. The molecule has 92 valence electrons. The summed E-state index contributed by atoms with van der Waals surface area (Å²) in [5.41, 5.74) is 2.05. The Bertz CT molecular complexity index is 441. The van der Waals surface area contributed by atoms with Crippen LogP contribution in [0.1, 0.15) is 19.8 Å². The first-order chi connectivity index (χ1) is 8.02. The fourth-order valence-electron chi connectivity index (χ4n) is 1.67. The van der Waals surface area contributed by atoms with Crippen LogP contribution in [0.2, 0.25) is 0 Å². The van der Waals surface area contributed by atoms with Gasteiger partial charge in [-0.15, -0.1) is 0 Å². The summed E-state index contributed by atoms with van der Waals surface area (Å²) in [6, 6.07) is 5.00. The van der Waals surface area contributed by atoms with Gasteiger partial charge in [-0.25, -0.2) is 0 Å². The second kappa shape index (κ2) is 4.24. The molecular weight excluding hydrogens is 218 g/mol. The lowest BCUT2D eigenvalue weighted by atomic mass is 10.1. The molecular formula is C12H17N3O2. The molecule has 1 fully saturated rings. The number of benzene rings is 1. The maximum Gasteiger partial charge on any atom is 0.273 e. The number of nitrogens with zero attached hydrogens (tertiary/aromatic N) is 1. The van der Waals surface area contributed by atoms with E-state index in [0.717, 1.165) is 17.9 Å². The summed E-state index contributed by atoms with van der Waals surface area (Å²) in [6.07, 6.45) is 2.46. The minimum atomic E-state index is -0.370. The molecule has 1 aromatic carbocycles. The maximum atomic E-state index is 10.8. The van der Waals surface area contributed by atoms with Crippen molar-refractivity contribution in [1.29, 1.82) is 0 Å². The molecule has 17 heavy (non-hydrogen) atoms. The van der Waals surface area contributed by atoms with Crippen molar-refractivity contribution in [3.8, 4) is 0 Å². The topological polar surface area (TPSA) is 67.2 Å². The van der Waals surface area contributed by atoms with E-state index < -0.39 is 0 Å². The van der Waals surface area contributed by atoms with Crippen LogP contribution in [0, 0.1) is 15.5 Å². The number of hydrogen-bond donors (Lipinski definition) is 2. The Balaban J connectivity index is 2.14. The predicted molar refractivity (Wildman–Crippen MR) is 68.5 cm³/mol. The van der Waals surface area contributed by atoms with Gasteiger partial charge in [0.15, 0.2) is 0 Å². The van der Waals surface area contributed by atoms with Crippen molar-refractivity contribution < 1.29 is 4.92 Å². The van der Waals surface area contributed by atoms with Gasteiger partial charge in [-0.3, -0.25) is 10.1 Å². The predicted octanol–water partition coefficient (Wildman–Crippen LogP) is 2.85. The molecule has 0 amide bonds. The van der Waals surface area contributed by atoms with Crippen molar-refractivity contribution in [3.63, 3.8) is 0 Å². The van der Waals surface area contributed by atoms with Crippen molar-refractivity contribution >= 4 is 17.1 Å². The molecule has 2 N–H and O–H groups in total. The van der Waals surface area contributed by atoms with Gasteiger partial charge in [0.05, 0.1) is 4.92 Å². The fraction of sp³-hybridized carbons (Fsp3) is 0.500. The first-order valence-corrected chi connectivity index (χ1v) is 5.74. The number of nitrogens with one attached hydrogen (secondary N) is 2. The average molecular weight is 235 g/mol. The number of rotatable bonds is 5. The summed E-state index contributed by atoms with van der Waals surface area (Å²) in [5, 5.41) is 17.0. The third-order valence-corrected chi connectivity index (χ3v) is 3.24. The molecule has 0 unspecified atom stereocenters. The summed E-state index contributed by atoms with van der Waals surface area (Å²) < 4.78 is 0. The largest absolute Gasteiger partial charge is 0.388 e. The molecule has 0 aliphatic heterocycles. The Hall–Kier alpha value is -1.78. The number of anilines is 2. The molecule has 1 aliphatic rings. The highest BCUT2D eigenvalue weighted by Crippen LogP contribution is 2.44. The molecule has 1 saturated carbocycles. The molecule has 0 aromatic heterocycles. The normalized spacial score (nSPS) is 16.4. The van der Waals surface area contributed by atoms with Crippen molar-refractivity contribution in [2.24, 2.45) is 5.41 Å². The summed E-state index contributed by atoms with van der Waals surface area (Å²) in [4.78, 5) is 10.4. The highest BCUT2D eigenvalue weighted by atomic mass is 16.6. The van der Waals surface area contributed by atoms with E-state index in [1.165, 1.54) is 18.9 Å². The maximum absolute atomic E-state index is 10.8. The zero-order valence-corrected chi connectivity index (χ0v) is 10.1. The Morgan fingerprint density at radius 2 is 2.00 bits per heavy atom. The Morgan fingerprint density at radius 1 is 1.35 bits per heavy atom. The minimum absolute atomic E-state index is 0.111. The van der Waals surface area contributed by atoms with E-state index in [9.17, 15) is 10.1 Å². The molecule has 0 spiro atoms. The molecule has 5 heteroatoms. The SMILES string of the molecule is CNc1cc(NCC2(C)CC2)cc([N+](=O)[O-])c1. The smallest absolute Gasteiger partial charge is 0.273 e.